The molecule has 5 heteroatoms. The molecule has 1 heterocycles. The number of pyridine rings is 1. The molecule has 0 aliphatic heterocycles. The summed E-state index contributed by atoms with van der Waals surface area (Å²) in [6.45, 7) is 0.350. The van der Waals surface area contributed by atoms with E-state index in [-0.39, 0.29) is 5.82 Å². The first-order valence-electron chi connectivity index (χ1n) is 5.41. The van der Waals surface area contributed by atoms with Crippen LogP contribution in [-0.2, 0) is 12.3 Å². The van der Waals surface area contributed by atoms with Crippen LogP contribution in [0.3, 0.4) is 0 Å². The molecule has 0 radical (unpaired) electrons. The zero-order valence-electron chi connectivity index (χ0n) is 9.57. The maximum absolute atomic E-state index is 13.3. The van der Waals surface area contributed by atoms with Crippen molar-refractivity contribution in [2.24, 2.45) is 5.73 Å². The van der Waals surface area contributed by atoms with E-state index in [1.807, 2.05) is 18.2 Å². The summed E-state index contributed by atoms with van der Waals surface area (Å²) in [5, 5.41) is 0.899. The van der Waals surface area contributed by atoms with Gasteiger partial charge in [0.2, 0.25) is 0 Å². The van der Waals surface area contributed by atoms with Crippen molar-refractivity contribution in [3.8, 4) is 0 Å². The van der Waals surface area contributed by atoms with E-state index in [9.17, 15) is 4.39 Å². The van der Waals surface area contributed by atoms with E-state index in [2.05, 4.69) is 20.9 Å². The maximum Gasteiger partial charge on any atom is 0.123 e. The molecule has 0 unspecified atom stereocenters. The van der Waals surface area contributed by atoms with Crippen molar-refractivity contribution in [2.75, 3.05) is 0 Å². The van der Waals surface area contributed by atoms with Crippen LogP contribution in [0, 0.1) is 5.82 Å². The van der Waals surface area contributed by atoms with E-state index in [0.29, 0.717) is 12.3 Å². The normalized spacial score (nSPS) is 10.6. The standard InChI is InChI=1S/C13H12BrFN2S/c14-12-2-1-3-17-13(12)18-8-10-4-9(7-16)5-11(15)6-10/h1-6H,7-8,16H2. The van der Waals surface area contributed by atoms with Gasteiger partial charge >= 0.3 is 0 Å². The van der Waals surface area contributed by atoms with Gasteiger partial charge < -0.3 is 5.73 Å². The molecule has 0 aliphatic carbocycles. The molecule has 0 bridgehead atoms. The fourth-order valence-electron chi connectivity index (χ4n) is 1.55. The van der Waals surface area contributed by atoms with Crippen molar-refractivity contribution in [2.45, 2.75) is 17.3 Å². The zero-order valence-corrected chi connectivity index (χ0v) is 12.0. The molecule has 0 aliphatic rings. The van der Waals surface area contributed by atoms with Gasteiger partial charge in [0.25, 0.3) is 0 Å². The van der Waals surface area contributed by atoms with Gasteiger partial charge in [0.1, 0.15) is 10.8 Å². The first kappa shape index (κ1) is 13.5. The highest BCUT2D eigenvalue weighted by Gasteiger charge is 2.04. The summed E-state index contributed by atoms with van der Waals surface area (Å²) in [5.41, 5.74) is 7.25. The van der Waals surface area contributed by atoms with Crippen molar-refractivity contribution < 1.29 is 4.39 Å². The van der Waals surface area contributed by atoms with E-state index >= 15 is 0 Å². The first-order valence-corrected chi connectivity index (χ1v) is 7.18. The van der Waals surface area contributed by atoms with Gasteiger partial charge in [-0.25, -0.2) is 9.37 Å². The minimum Gasteiger partial charge on any atom is -0.326 e. The third kappa shape index (κ3) is 3.54. The average molecular weight is 327 g/mol. The molecule has 2 nitrogen and oxygen atoms in total. The Morgan fingerprint density at radius 3 is 2.78 bits per heavy atom. The topological polar surface area (TPSA) is 38.9 Å². The van der Waals surface area contributed by atoms with E-state index < -0.39 is 0 Å². The summed E-state index contributed by atoms with van der Waals surface area (Å²) in [5.74, 6) is 0.425. The number of nitrogens with two attached hydrogens (primary N) is 1. The molecule has 0 saturated heterocycles. The molecule has 1 aromatic heterocycles. The number of halogens is 2. The number of rotatable bonds is 4. The highest BCUT2D eigenvalue weighted by atomic mass is 79.9. The van der Waals surface area contributed by atoms with E-state index in [4.69, 9.17) is 5.73 Å². The van der Waals surface area contributed by atoms with Gasteiger partial charge in [0, 0.05) is 23.0 Å². The van der Waals surface area contributed by atoms with Crippen molar-refractivity contribution >= 4 is 27.7 Å². The molecule has 0 amide bonds. The highest BCUT2D eigenvalue weighted by Crippen LogP contribution is 2.28. The molecule has 0 fully saturated rings. The van der Waals surface area contributed by atoms with Gasteiger partial charge in [-0.1, -0.05) is 6.07 Å². The lowest BCUT2D eigenvalue weighted by molar-refractivity contribution is 0.624. The minimum atomic E-state index is -0.242. The average Bonchev–Trinajstić information content (AvgIpc) is 2.37. The summed E-state index contributed by atoms with van der Waals surface area (Å²) < 4.78 is 14.3. The Hall–Kier alpha value is -0.910. The molecule has 2 N–H and O–H groups in total. The Morgan fingerprint density at radius 2 is 2.06 bits per heavy atom. The number of nitrogens with zero attached hydrogens (tertiary/aromatic N) is 1. The predicted molar refractivity (Wildman–Crippen MR) is 75.8 cm³/mol. The molecular formula is C13H12BrFN2S. The molecular weight excluding hydrogens is 315 g/mol. The smallest absolute Gasteiger partial charge is 0.123 e. The summed E-state index contributed by atoms with van der Waals surface area (Å²) in [7, 11) is 0. The minimum absolute atomic E-state index is 0.242. The van der Waals surface area contributed by atoms with Crippen molar-refractivity contribution in [3.63, 3.8) is 0 Å². The van der Waals surface area contributed by atoms with Crippen LogP contribution >= 0.6 is 27.7 Å². The van der Waals surface area contributed by atoms with E-state index in [1.54, 1.807) is 18.0 Å². The Kier molecular flexibility index (Phi) is 4.74. The fourth-order valence-corrected chi connectivity index (χ4v) is 2.96. The maximum atomic E-state index is 13.3. The second-order valence-electron chi connectivity index (χ2n) is 3.75. The molecule has 94 valence electrons. The molecule has 18 heavy (non-hydrogen) atoms. The number of aromatic nitrogens is 1. The Labute approximate surface area is 118 Å². The number of thioether (sulfide) groups is 1. The van der Waals surface area contributed by atoms with Crippen LogP contribution in [0.5, 0.6) is 0 Å². The van der Waals surface area contributed by atoms with Crippen LogP contribution in [0.1, 0.15) is 11.1 Å². The van der Waals surface area contributed by atoms with Crippen molar-refractivity contribution in [1.29, 1.82) is 0 Å². The lowest BCUT2D eigenvalue weighted by Gasteiger charge is -2.05. The Balaban J connectivity index is 2.11. The Bertz CT molecular complexity index is 548. The van der Waals surface area contributed by atoms with Crippen LogP contribution < -0.4 is 5.73 Å². The second-order valence-corrected chi connectivity index (χ2v) is 5.57. The number of hydrogen-bond donors (Lipinski definition) is 1. The van der Waals surface area contributed by atoms with Crippen LogP contribution in [0.25, 0.3) is 0 Å². The largest absolute Gasteiger partial charge is 0.326 e. The number of hydrogen-bond acceptors (Lipinski definition) is 3. The lowest BCUT2D eigenvalue weighted by atomic mass is 10.1. The van der Waals surface area contributed by atoms with Gasteiger partial charge in [-0.15, -0.1) is 11.8 Å². The fraction of sp³-hybridized carbons (Fsp3) is 0.154. The molecule has 2 rings (SSSR count). The third-order valence-electron chi connectivity index (χ3n) is 2.35. The van der Waals surface area contributed by atoms with Crippen LogP contribution in [0.4, 0.5) is 4.39 Å². The van der Waals surface area contributed by atoms with Crippen LogP contribution in [0.15, 0.2) is 46.0 Å². The summed E-state index contributed by atoms with van der Waals surface area (Å²) in [6, 6.07) is 8.72. The Morgan fingerprint density at radius 1 is 1.28 bits per heavy atom. The quantitative estimate of drug-likeness (QED) is 0.870. The van der Waals surface area contributed by atoms with E-state index in [0.717, 1.165) is 20.6 Å². The second kappa shape index (κ2) is 6.31. The van der Waals surface area contributed by atoms with Gasteiger partial charge in [-0.2, -0.15) is 0 Å². The molecule has 2 aromatic rings. The third-order valence-corrected chi connectivity index (χ3v) is 4.33. The first-order chi connectivity index (χ1) is 8.69. The molecule has 0 atom stereocenters. The van der Waals surface area contributed by atoms with Crippen LogP contribution in [0.2, 0.25) is 0 Å². The van der Waals surface area contributed by atoms with Gasteiger partial charge in [0.15, 0.2) is 0 Å². The van der Waals surface area contributed by atoms with Crippen molar-refractivity contribution in [3.05, 3.63) is 57.9 Å². The van der Waals surface area contributed by atoms with E-state index in [1.165, 1.54) is 12.1 Å². The van der Waals surface area contributed by atoms with Gasteiger partial charge in [-0.05, 0) is 51.3 Å². The zero-order chi connectivity index (χ0) is 13.0. The summed E-state index contributed by atoms with van der Waals surface area (Å²) in [6.07, 6.45) is 1.74. The van der Waals surface area contributed by atoms with Crippen molar-refractivity contribution in [1.82, 2.24) is 4.98 Å². The molecule has 0 spiro atoms. The number of benzene rings is 1. The summed E-state index contributed by atoms with van der Waals surface area (Å²) in [4.78, 5) is 4.26. The summed E-state index contributed by atoms with van der Waals surface area (Å²) >= 11 is 5.00. The highest BCUT2D eigenvalue weighted by molar-refractivity contribution is 9.10. The molecule has 0 saturated carbocycles. The predicted octanol–water partition coefficient (Wildman–Crippen LogP) is 3.73. The lowest BCUT2D eigenvalue weighted by Crippen LogP contribution is -1.98. The van der Waals surface area contributed by atoms with Gasteiger partial charge in [-0.3, -0.25) is 0 Å². The SMILES string of the molecule is NCc1cc(F)cc(CSc2ncccc2Br)c1. The monoisotopic (exact) mass is 326 g/mol. The van der Waals surface area contributed by atoms with Gasteiger partial charge in [0.05, 0.1) is 0 Å². The van der Waals surface area contributed by atoms with Crippen LogP contribution in [-0.4, -0.2) is 4.98 Å². The molecule has 1 aromatic carbocycles.